The standard InChI is InChI=1S/C30H28N2O5S/c1-5-12-37-22-11-6-8-19(15-22)26-24(27(33)20-9-7-10-21(16-20)36-4)28(34)29(35)32(26)30-31-25-18(3)13-17(2)14-23(25)38-30/h6-11,13-16,26,33H,5,12H2,1-4H3/t26-/m0/s1. The molecule has 0 aliphatic carbocycles. The Kier molecular flexibility index (Phi) is 6.91. The van der Waals surface area contributed by atoms with Gasteiger partial charge in [-0.3, -0.25) is 14.5 Å². The van der Waals surface area contributed by atoms with Crippen LogP contribution in [0, 0.1) is 13.8 Å². The van der Waals surface area contributed by atoms with Crippen molar-refractivity contribution in [3.63, 3.8) is 0 Å². The van der Waals surface area contributed by atoms with Crippen LogP contribution in [0.5, 0.6) is 11.5 Å². The minimum absolute atomic E-state index is 0.0111. The summed E-state index contributed by atoms with van der Waals surface area (Å²) >= 11 is 1.35. The molecule has 1 N–H and O–H groups in total. The van der Waals surface area contributed by atoms with Gasteiger partial charge in [0.25, 0.3) is 5.78 Å². The number of rotatable bonds is 7. The van der Waals surface area contributed by atoms with Gasteiger partial charge in [0.1, 0.15) is 17.3 Å². The number of anilines is 1. The van der Waals surface area contributed by atoms with Crippen molar-refractivity contribution in [1.29, 1.82) is 0 Å². The molecular weight excluding hydrogens is 500 g/mol. The number of aliphatic hydroxyl groups is 1. The highest BCUT2D eigenvalue weighted by molar-refractivity contribution is 7.22. The first-order valence-electron chi connectivity index (χ1n) is 12.4. The highest BCUT2D eigenvalue weighted by Crippen LogP contribution is 2.45. The van der Waals surface area contributed by atoms with Crippen LogP contribution in [-0.4, -0.2) is 35.5 Å². The number of carbonyl (C=O) groups excluding carboxylic acids is 2. The van der Waals surface area contributed by atoms with E-state index < -0.39 is 17.7 Å². The summed E-state index contributed by atoms with van der Waals surface area (Å²) in [6, 6.07) is 17.2. The SMILES string of the molecule is CCCOc1cccc([C@H]2C(=C(O)c3cccc(OC)c3)C(=O)C(=O)N2c2nc3c(C)cc(C)cc3s2)c1. The molecular formula is C30H28N2O5S. The van der Waals surface area contributed by atoms with Gasteiger partial charge in [0.05, 0.1) is 35.5 Å². The molecule has 38 heavy (non-hydrogen) atoms. The van der Waals surface area contributed by atoms with Gasteiger partial charge < -0.3 is 14.6 Å². The minimum atomic E-state index is -0.895. The molecule has 1 amide bonds. The normalized spacial score (nSPS) is 16.8. The van der Waals surface area contributed by atoms with Gasteiger partial charge in [0.15, 0.2) is 5.13 Å². The molecule has 0 spiro atoms. The quantitative estimate of drug-likeness (QED) is 0.171. The first-order chi connectivity index (χ1) is 18.3. The smallest absolute Gasteiger partial charge is 0.301 e. The average Bonchev–Trinajstić information content (AvgIpc) is 3.45. The number of carbonyl (C=O) groups is 2. The first-order valence-corrected chi connectivity index (χ1v) is 13.2. The topological polar surface area (TPSA) is 89.0 Å². The number of hydrogen-bond donors (Lipinski definition) is 1. The van der Waals surface area contributed by atoms with Crippen molar-refractivity contribution in [3.05, 3.63) is 88.5 Å². The van der Waals surface area contributed by atoms with E-state index in [1.165, 1.54) is 23.3 Å². The molecule has 7 nitrogen and oxygen atoms in total. The molecule has 3 aromatic carbocycles. The van der Waals surface area contributed by atoms with E-state index in [-0.39, 0.29) is 11.3 Å². The molecule has 1 saturated heterocycles. The number of Topliss-reactive ketones (excluding diaryl/α,β-unsaturated/α-hetero) is 1. The molecule has 1 fully saturated rings. The van der Waals surface area contributed by atoms with Crippen molar-refractivity contribution in [3.8, 4) is 11.5 Å². The highest BCUT2D eigenvalue weighted by atomic mass is 32.1. The molecule has 194 valence electrons. The number of aromatic nitrogens is 1. The summed E-state index contributed by atoms with van der Waals surface area (Å²) in [5, 5.41) is 11.8. The summed E-state index contributed by atoms with van der Waals surface area (Å²) in [5.74, 6) is -0.656. The lowest BCUT2D eigenvalue weighted by Gasteiger charge is -2.23. The molecule has 1 aliphatic heterocycles. The van der Waals surface area contributed by atoms with Crippen LogP contribution in [0.25, 0.3) is 16.0 Å². The lowest BCUT2D eigenvalue weighted by Crippen LogP contribution is -2.29. The second-order valence-corrected chi connectivity index (χ2v) is 10.3. The molecule has 1 aliphatic rings. The Hall–Kier alpha value is -4.17. The number of ether oxygens (including phenoxy) is 2. The monoisotopic (exact) mass is 528 g/mol. The highest BCUT2D eigenvalue weighted by Gasteiger charge is 2.48. The van der Waals surface area contributed by atoms with E-state index in [0.717, 1.165) is 27.8 Å². The lowest BCUT2D eigenvalue weighted by atomic mass is 9.95. The van der Waals surface area contributed by atoms with E-state index in [2.05, 4.69) is 0 Å². The van der Waals surface area contributed by atoms with Crippen molar-refractivity contribution in [2.75, 3.05) is 18.6 Å². The average molecular weight is 529 g/mol. The number of benzene rings is 3. The number of thiazole rings is 1. The summed E-state index contributed by atoms with van der Waals surface area (Å²) in [5.41, 5.74) is 3.85. The van der Waals surface area contributed by atoms with Crippen LogP contribution in [0.4, 0.5) is 5.13 Å². The van der Waals surface area contributed by atoms with Gasteiger partial charge in [-0.1, -0.05) is 48.6 Å². The van der Waals surface area contributed by atoms with Crippen molar-refractivity contribution < 1.29 is 24.2 Å². The Bertz CT molecular complexity index is 1590. The largest absolute Gasteiger partial charge is 0.507 e. The van der Waals surface area contributed by atoms with E-state index in [4.69, 9.17) is 14.5 Å². The Balaban J connectivity index is 1.72. The van der Waals surface area contributed by atoms with Gasteiger partial charge in [-0.15, -0.1) is 0 Å². The second-order valence-electron chi connectivity index (χ2n) is 9.25. The first kappa shape index (κ1) is 25.5. The van der Waals surface area contributed by atoms with Crippen LogP contribution in [0.1, 0.15) is 41.6 Å². The molecule has 1 aromatic heterocycles. The van der Waals surface area contributed by atoms with Gasteiger partial charge in [0.2, 0.25) is 0 Å². The molecule has 2 heterocycles. The number of aliphatic hydroxyl groups excluding tert-OH is 1. The van der Waals surface area contributed by atoms with Crippen LogP contribution >= 0.6 is 11.3 Å². The molecule has 0 unspecified atom stereocenters. The van der Waals surface area contributed by atoms with E-state index in [1.54, 1.807) is 30.3 Å². The van der Waals surface area contributed by atoms with Gasteiger partial charge in [-0.25, -0.2) is 4.98 Å². The summed E-state index contributed by atoms with van der Waals surface area (Å²) in [6.45, 7) is 6.53. The third kappa shape index (κ3) is 4.52. The summed E-state index contributed by atoms with van der Waals surface area (Å²) in [7, 11) is 1.52. The van der Waals surface area contributed by atoms with E-state index >= 15 is 0 Å². The van der Waals surface area contributed by atoms with E-state index in [1.807, 2.05) is 51.1 Å². The van der Waals surface area contributed by atoms with Crippen LogP contribution in [-0.2, 0) is 9.59 Å². The van der Waals surface area contributed by atoms with Gasteiger partial charge in [-0.2, -0.15) is 0 Å². The number of aryl methyl sites for hydroxylation is 2. The third-order valence-electron chi connectivity index (χ3n) is 6.46. The number of ketones is 1. The lowest BCUT2D eigenvalue weighted by molar-refractivity contribution is -0.132. The molecule has 0 bridgehead atoms. The zero-order valence-electron chi connectivity index (χ0n) is 21.6. The summed E-state index contributed by atoms with van der Waals surface area (Å²) in [4.78, 5) is 33.3. The van der Waals surface area contributed by atoms with Crippen molar-refractivity contribution >= 4 is 44.1 Å². The summed E-state index contributed by atoms with van der Waals surface area (Å²) < 4.78 is 12.1. The Morgan fingerprint density at radius 1 is 1.05 bits per heavy atom. The number of nitrogens with zero attached hydrogens (tertiary/aromatic N) is 2. The predicted octanol–water partition coefficient (Wildman–Crippen LogP) is 6.34. The third-order valence-corrected chi connectivity index (χ3v) is 7.46. The van der Waals surface area contributed by atoms with Gasteiger partial charge >= 0.3 is 5.91 Å². The fourth-order valence-electron chi connectivity index (χ4n) is 4.73. The van der Waals surface area contributed by atoms with Crippen molar-refractivity contribution in [2.45, 2.75) is 33.2 Å². The molecule has 0 saturated carbocycles. The van der Waals surface area contributed by atoms with Crippen LogP contribution in [0.3, 0.4) is 0 Å². The molecule has 0 radical (unpaired) electrons. The Morgan fingerprint density at radius 2 is 1.82 bits per heavy atom. The molecule has 8 heteroatoms. The molecule has 5 rings (SSSR count). The number of hydrogen-bond acceptors (Lipinski definition) is 7. The van der Waals surface area contributed by atoms with Gasteiger partial charge in [0, 0.05) is 5.56 Å². The van der Waals surface area contributed by atoms with E-state index in [9.17, 15) is 14.7 Å². The zero-order chi connectivity index (χ0) is 27.0. The summed E-state index contributed by atoms with van der Waals surface area (Å²) in [6.07, 6.45) is 0.836. The van der Waals surface area contributed by atoms with E-state index in [0.29, 0.717) is 34.4 Å². The molecule has 4 aromatic rings. The predicted molar refractivity (Wildman–Crippen MR) is 149 cm³/mol. The van der Waals surface area contributed by atoms with Gasteiger partial charge in [-0.05, 0) is 67.3 Å². The number of amides is 1. The second kappa shape index (κ2) is 10.3. The van der Waals surface area contributed by atoms with Crippen LogP contribution < -0.4 is 14.4 Å². The van der Waals surface area contributed by atoms with Crippen LogP contribution in [0.15, 0.2) is 66.2 Å². The number of fused-ring (bicyclic) bond motifs is 1. The fourth-order valence-corrected chi connectivity index (χ4v) is 5.90. The fraction of sp³-hybridized carbons (Fsp3) is 0.233. The Labute approximate surface area is 225 Å². The number of methoxy groups -OCH3 is 1. The maximum Gasteiger partial charge on any atom is 0.301 e. The Morgan fingerprint density at radius 3 is 2.58 bits per heavy atom. The minimum Gasteiger partial charge on any atom is -0.507 e. The maximum atomic E-state index is 13.6. The van der Waals surface area contributed by atoms with Crippen molar-refractivity contribution in [2.24, 2.45) is 0 Å². The van der Waals surface area contributed by atoms with Crippen LogP contribution in [0.2, 0.25) is 0 Å². The maximum absolute atomic E-state index is 13.6. The molecule has 1 atom stereocenters. The zero-order valence-corrected chi connectivity index (χ0v) is 22.5. The van der Waals surface area contributed by atoms with Crippen molar-refractivity contribution in [1.82, 2.24) is 4.98 Å².